The molecule has 2 aromatic carbocycles. The van der Waals surface area contributed by atoms with Gasteiger partial charge in [-0.1, -0.05) is 31.3 Å². The van der Waals surface area contributed by atoms with Crippen molar-refractivity contribution in [1.82, 2.24) is 14.2 Å². The molecule has 1 aliphatic rings. The van der Waals surface area contributed by atoms with Gasteiger partial charge < -0.3 is 14.4 Å². The first-order valence-electron chi connectivity index (χ1n) is 13.5. The molecular weight excluding hydrogens is 536 g/mol. The summed E-state index contributed by atoms with van der Waals surface area (Å²) in [6.07, 6.45) is 1.72. The van der Waals surface area contributed by atoms with Gasteiger partial charge in [0.05, 0.1) is 22.3 Å². The van der Waals surface area contributed by atoms with Gasteiger partial charge in [-0.05, 0) is 69.3 Å². The maximum Gasteiger partial charge on any atom is 0.260 e. The molecule has 0 spiro atoms. The molecule has 1 aromatic heterocycles. The van der Waals surface area contributed by atoms with Crippen molar-refractivity contribution in [3.8, 4) is 5.75 Å². The van der Waals surface area contributed by atoms with Gasteiger partial charge in [-0.15, -0.1) is 0 Å². The third-order valence-corrected chi connectivity index (χ3v) is 9.86. The zero-order chi connectivity index (χ0) is 28.0. The summed E-state index contributed by atoms with van der Waals surface area (Å²) in [5, 5.41) is 0.585. The van der Waals surface area contributed by atoms with Crippen LogP contribution < -0.4 is 9.64 Å². The van der Waals surface area contributed by atoms with Gasteiger partial charge in [0.2, 0.25) is 10.0 Å². The molecule has 1 fully saturated rings. The zero-order valence-electron chi connectivity index (χ0n) is 23.1. The van der Waals surface area contributed by atoms with Crippen LogP contribution in [0.2, 0.25) is 0 Å². The number of fused-ring (bicyclic) bond motifs is 1. The molecule has 9 nitrogen and oxygen atoms in total. The SMILES string of the molecule is CCOc1cccc2sc(N(CCN(CC)CC)C(=O)c3ccc(S(=O)(=O)N(C)CC4CCCO4)cc3)nc12. The van der Waals surface area contributed by atoms with Crippen LogP contribution in [0.25, 0.3) is 10.2 Å². The van der Waals surface area contributed by atoms with E-state index in [0.717, 1.165) is 36.1 Å². The Morgan fingerprint density at radius 1 is 1.10 bits per heavy atom. The van der Waals surface area contributed by atoms with Crippen molar-refractivity contribution in [1.29, 1.82) is 0 Å². The first kappa shape index (κ1) is 29.4. The number of amides is 1. The highest BCUT2D eigenvalue weighted by molar-refractivity contribution is 7.89. The summed E-state index contributed by atoms with van der Waals surface area (Å²) < 4.78 is 39.9. The van der Waals surface area contributed by atoms with Crippen molar-refractivity contribution in [2.45, 2.75) is 44.6 Å². The molecule has 0 N–H and O–H groups in total. The lowest BCUT2D eigenvalue weighted by molar-refractivity contribution is 0.0978. The van der Waals surface area contributed by atoms with Gasteiger partial charge in [0, 0.05) is 38.9 Å². The maximum absolute atomic E-state index is 13.8. The molecule has 1 unspecified atom stereocenters. The lowest BCUT2D eigenvalue weighted by Crippen LogP contribution is -2.39. The Morgan fingerprint density at radius 2 is 1.85 bits per heavy atom. The molecule has 0 saturated carbocycles. The topological polar surface area (TPSA) is 92.3 Å². The summed E-state index contributed by atoms with van der Waals surface area (Å²) in [5.41, 5.74) is 1.13. The number of likely N-dealkylation sites (N-methyl/N-ethyl adjacent to an activating group) is 2. The highest BCUT2D eigenvalue weighted by atomic mass is 32.2. The van der Waals surface area contributed by atoms with Crippen LogP contribution in [0.4, 0.5) is 5.13 Å². The minimum absolute atomic E-state index is 0.0814. The normalized spacial score (nSPS) is 15.9. The number of carbonyl (C=O) groups is 1. The fourth-order valence-corrected chi connectivity index (χ4v) is 6.85. The van der Waals surface area contributed by atoms with Crippen molar-refractivity contribution >= 4 is 42.6 Å². The molecule has 1 amide bonds. The highest BCUT2D eigenvalue weighted by Gasteiger charge is 2.27. The largest absolute Gasteiger partial charge is 0.492 e. The van der Waals surface area contributed by atoms with E-state index in [-0.39, 0.29) is 16.9 Å². The number of ether oxygens (including phenoxy) is 2. The van der Waals surface area contributed by atoms with Crippen LogP contribution in [0.1, 0.15) is 44.0 Å². The van der Waals surface area contributed by atoms with E-state index in [1.54, 1.807) is 24.1 Å². The number of para-hydroxylation sites is 1. The first-order chi connectivity index (χ1) is 18.8. The standard InChI is InChI=1S/C28H38N4O5S2/c1-5-31(6-2)17-18-32(28-29-26-24(36-7-3)11-8-12-25(26)38-28)27(33)21-13-15-23(16-14-21)39(34,35)30(4)20-22-10-9-19-37-22/h8,11-16,22H,5-7,9-10,17-20H2,1-4H3. The molecule has 0 aliphatic carbocycles. The molecule has 11 heteroatoms. The zero-order valence-corrected chi connectivity index (χ0v) is 24.8. The highest BCUT2D eigenvalue weighted by Crippen LogP contribution is 2.35. The second-order valence-corrected chi connectivity index (χ2v) is 12.5. The van der Waals surface area contributed by atoms with E-state index >= 15 is 0 Å². The summed E-state index contributed by atoms with van der Waals surface area (Å²) >= 11 is 1.44. The predicted molar refractivity (Wildman–Crippen MR) is 155 cm³/mol. The van der Waals surface area contributed by atoms with E-state index < -0.39 is 10.0 Å². The van der Waals surface area contributed by atoms with Crippen molar-refractivity contribution in [3.05, 3.63) is 48.0 Å². The van der Waals surface area contributed by atoms with Crippen molar-refractivity contribution in [2.75, 3.05) is 57.9 Å². The Bertz CT molecular complexity index is 1350. The molecule has 39 heavy (non-hydrogen) atoms. The van der Waals surface area contributed by atoms with Crippen LogP contribution in [-0.2, 0) is 14.8 Å². The maximum atomic E-state index is 13.8. The fraction of sp³-hybridized carbons (Fsp3) is 0.500. The summed E-state index contributed by atoms with van der Waals surface area (Å²) in [7, 11) is -2.14. The molecule has 0 radical (unpaired) electrons. The Morgan fingerprint density at radius 3 is 2.49 bits per heavy atom. The average molecular weight is 575 g/mol. The lowest BCUT2D eigenvalue weighted by atomic mass is 10.2. The van der Waals surface area contributed by atoms with E-state index in [9.17, 15) is 13.2 Å². The van der Waals surface area contributed by atoms with E-state index in [1.165, 1.54) is 27.8 Å². The summed E-state index contributed by atoms with van der Waals surface area (Å²) in [4.78, 5) is 22.7. The Balaban J connectivity index is 1.60. The first-order valence-corrected chi connectivity index (χ1v) is 15.8. The minimum atomic E-state index is -3.70. The third-order valence-electron chi connectivity index (χ3n) is 6.98. The van der Waals surface area contributed by atoms with Crippen molar-refractivity contribution in [3.63, 3.8) is 0 Å². The van der Waals surface area contributed by atoms with Crippen LogP contribution in [0.15, 0.2) is 47.4 Å². The van der Waals surface area contributed by atoms with E-state index in [0.29, 0.717) is 49.3 Å². The Hall–Kier alpha value is -2.57. The number of nitrogens with zero attached hydrogens (tertiary/aromatic N) is 4. The van der Waals surface area contributed by atoms with Gasteiger partial charge in [0.1, 0.15) is 11.3 Å². The van der Waals surface area contributed by atoms with Crippen molar-refractivity contribution < 1.29 is 22.7 Å². The van der Waals surface area contributed by atoms with Crippen LogP contribution in [0, 0.1) is 0 Å². The number of hydrogen-bond acceptors (Lipinski definition) is 8. The molecule has 3 aromatic rings. The number of benzene rings is 2. The molecule has 212 valence electrons. The number of aromatic nitrogens is 1. The Kier molecular flexibility index (Phi) is 9.95. The van der Waals surface area contributed by atoms with Gasteiger partial charge in [-0.25, -0.2) is 13.4 Å². The number of thiazole rings is 1. The predicted octanol–water partition coefficient (Wildman–Crippen LogP) is 4.48. The second kappa shape index (κ2) is 13.2. The monoisotopic (exact) mass is 574 g/mol. The van der Waals surface area contributed by atoms with Crippen LogP contribution >= 0.6 is 11.3 Å². The molecule has 4 rings (SSSR count). The van der Waals surface area contributed by atoms with Crippen LogP contribution in [0.5, 0.6) is 5.75 Å². The molecular formula is C28H38N4O5S2. The summed E-state index contributed by atoms with van der Waals surface area (Å²) in [6, 6.07) is 11.9. The smallest absolute Gasteiger partial charge is 0.260 e. The Labute approximate surface area is 235 Å². The van der Waals surface area contributed by atoms with E-state index in [2.05, 4.69) is 18.7 Å². The number of hydrogen-bond donors (Lipinski definition) is 0. The van der Waals surface area contributed by atoms with Gasteiger partial charge in [-0.3, -0.25) is 9.69 Å². The summed E-state index contributed by atoms with van der Waals surface area (Å²) in [5.74, 6) is 0.464. The van der Waals surface area contributed by atoms with Gasteiger partial charge in [-0.2, -0.15) is 4.31 Å². The van der Waals surface area contributed by atoms with Gasteiger partial charge in [0.15, 0.2) is 5.13 Å². The van der Waals surface area contributed by atoms with E-state index in [4.69, 9.17) is 14.5 Å². The van der Waals surface area contributed by atoms with Crippen LogP contribution in [-0.4, -0.2) is 87.6 Å². The number of sulfonamides is 1. The molecule has 0 bridgehead atoms. The number of anilines is 1. The van der Waals surface area contributed by atoms with Crippen LogP contribution in [0.3, 0.4) is 0 Å². The number of carbonyl (C=O) groups excluding carboxylic acids is 1. The average Bonchev–Trinajstić information content (AvgIpc) is 3.61. The molecule has 2 heterocycles. The summed E-state index contributed by atoms with van der Waals surface area (Å²) in [6.45, 7) is 10.5. The fourth-order valence-electron chi connectivity index (χ4n) is 4.64. The molecule has 1 aliphatic heterocycles. The molecule has 1 saturated heterocycles. The minimum Gasteiger partial charge on any atom is -0.492 e. The van der Waals surface area contributed by atoms with Gasteiger partial charge in [0.25, 0.3) is 5.91 Å². The number of rotatable bonds is 13. The quantitative estimate of drug-likeness (QED) is 0.297. The van der Waals surface area contributed by atoms with Gasteiger partial charge >= 0.3 is 0 Å². The molecule has 1 atom stereocenters. The third kappa shape index (κ3) is 6.78. The van der Waals surface area contributed by atoms with Crippen molar-refractivity contribution in [2.24, 2.45) is 0 Å². The second-order valence-electron chi connectivity index (χ2n) is 9.46. The van der Waals surface area contributed by atoms with E-state index in [1.807, 2.05) is 25.1 Å². The lowest BCUT2D eigenvalue weighted by Gasteiger charge is -2.25.